The van der Waals surface area contributed by atoms with Crippen molar-refractivity contribution in [3.05, 3.63) is 64.0 Å². The predicted molar refractivity (Wildman–Crippen MR) is 86.6 cm³/mol. The summed E-state index contributed by atoms with van der Waals surface area (Å²) in [5.74, 6) is -0.203. The molecule has 0 N–H and O–H groups in total. The van der Waals surface area contributed by atoms with Crippen molar-refractivity contribution in [2.75, 3.05) is 0 Å². The minimum absolute atomic E-state index is 0.203. The number of rotatable bonds is 1. The highest BCUT2D eigenvalue weighted by Gasteiger charge is 2.08. The monoisotopic (exact) mass is 296 g/mol. The summed E-state index contributed by atoms with van der Waals surface area (Å²) in [5, 5.41) is 0. The molecule has 0 bridgehead atoms. The van der Waals surface area contributed by atoms with Gasteiger partial charge in [0.25, 0.3) is 5.91 Å². The van der Waals surface area contributed by atoms with Gasteiger partial charge in [-0.3, -0.25) is 4.79 Å². The van der Waals surface area contributed by atoms with E-state index in [1.165, 1.54) is 11.1 Å². The van der Waals surface area contributed by atoms with Crippen LogP contribution in [-0.2, 0) is 7.05 Å². The fourth-order valence-corrected chi connectivity index (χ4v) is 3.31. The van der Waals surface area contributed by atoms with E-state index in [1.807, 2.05) is 29.8 Å². The van der Waals surface area contributed by atoms with Crippen LogP contribution >= 0.6 is 11.3 Å². The van der Waals surface area contributed by atoms with Gasteiger partial charge in [-0.1, -0.05) is 29.5 Å². The van der Waals surface area contributed by atoms with Crippen molar-refractivity contribution in [3.8, 4) is 0 Å². The van der Waals surface area contributed by atoms with Crippen LogP contribution in [0.15, 0.2) is 47.5 Å². The van der Waals surface area contributed by atoms with Crippen molar-refractivity contribution >= 4 is 27.5 Å². The average Bonchev–Trinajstić information content (AvgIpc) is 2.77. The molecular weight excluding hydrogens is 280 g/mol. The first-order valence-electron chi connectivity index (χ1n) is 6.77. The maximum absolute atomic E-state index is 12.2. The first kappa shape index (κ1) is 13.8. The Balaban J connectivity index is 2.15. The molecule has 0 aliphatic heterocycles. The molecule has 1 heterocycles. The fraction of sp³-hybridized carbons (Fsp3) is 0.176. The minimum atomic E-state index is -0.203. The van der Waals surface area contributed by atoms with Crippen molar-refractivity contribution in [2.24, 2.45) is 12.0 Å². The quantitative estimate of drug-likeness (QED) is 0.675. The van der Waals surface area contributed by atoms with Gasteiger partial charge < -0.3 is 4.57 Å². The second kappa shape index (κ2) is 5.30. The number of fused-ring (bicyclic) bond motifs is 1. The number of hydrogen-bond acceptors (Lipinski definition) is 2. The van der Waals surface area contributed by atoms with Crippen LogP contribution in [0.2, 0.25) is 0 Å². The number of benzene rings is 2. The van der Waals surface area contributed by atoms with E-state index in [2.05, 4.69) is 31.0 Å². The van der Waals surface area contributed by atoms with Crippen molar-refractivity contribution in [3.63, 3.8) is 0 Å². The molecule has 3 nitrogen and oxygen atoms in total. The van der Waals surface area contributed by atoms with Crippen molar-refractivity contribution < 1.29 is 4.79 Å². The van der Waals surface area contributed by atoms with E-state index in [-0.39, 0.29) is 5.91 Å². The van der Waals surface area contributed by atoms with Gasteiger partial charge in [-0.05, 0) is 49.2 Å². The fourth-order valence-electron chi connectivity index (χ4n) is 2.22. The van der Waals surface area contributed by atoms with Gasteiger partial charge in [-0.2, -0.15) is 4.99 Å². The molecule has 2 aromatic carbocycles. The van der Waals surface area contributed by atoms with Crippen LogP contribution in [0.3, 0.4) is 0 Å². The van der Waals surface area contributed by atoms with Gasteiger partial charge in [-0.15, -0.1) is 0 Å². The Morgan fingerprint density at radius 1 is 1.10 bits per heavy atom. The highest BCUT2D eigenvalue weighted by molar-refractivity contribution is 7.16. The van der Waals surface area contributed by atoms with Crippen molar-refractivity contribution in [1.82, 2.24) is 4.57 Å². The summed E-state index contributed by atoms with van der Waals surface area (Å²) in [5.41, 5.74) is 4.23. The van der Waals surface area contributed by atoms with Gasteiger partial charge in [0.05, 0.1) is 10.2 Å². The average molecular weight is 296 g/mol. The molecule has 3 rings (SSSR count). The number of carbonyl (C=O) groups excluding carboxylic acids is 1. The van der Waals surface area contributed by atoms with E-state index in [1.54, 1.807) is 23.5 Å². The minimum Gasteiger partial charge on any atom is -0.319 e. The number of thiazole rings is 1. The van der Waals surface area contributed by atoms with Crippen LogP contribution in [0.5, 0.6) is 0 Å². The molecular formula is C17H16N2OS. The number of carbonyl (C=O) groups is 1. The van der Waals surface area contributed by atoms with Gasteiger partial charge in [0.2, 0.25) is 0 Å². The normalized spacial score (nSPS) is 12.0. The Morgan fingerprint density at radius 3 is 2.48 bits per heavy atom. The van der Waals surface area contributed by atoms with E-state index in [0.717, 1.165) is 15.0 Å². The molecule has 0 saturated heterocycles. The summed E-state index contributed by atoms with van der Waals surface area (Å²) in [6.07, 6.45) is 0. The zero-order chi connectivity index (χ0) is 15.0. The standard InChI is InChI=1S/C17H16N2OS/c1-11-9-14-15(10-12(11)2)21-17(19(14)3)18-16(20)13-7-5-4-6-8-13/h4-10H,1-3H3. The zero-order valence-electron chi connectivity index (χ0n) is 12.3. The SMILES string of the molecule is Cc1cc2sc(=NC(=O)c3ccccc3)n(C)c2cc1C. The summed E-state index contributed by atoms with van der Waals surface area (Å²) in [4.78, 5) is 17.2. The highest BCUT2D eigenvalue weighted by Crippen LogP contribution is 2.21. The smallest absolute Gasteiger partial charge is 0.279 e. The van der Waals surface area contributed by atoms with Crippen LogP contribution in [0.1, 0.15) is 21.5 Å². The van der Waals surface area contributed by atoms with E-state index >= 15 is 0 Å². The largest absolute Gasteiger partial charge is 0.319 e. The maximum Gasteiger partial charge on any atom is 0.279 e. The lowest BCUT2D eigenvalue weighted by Gasteiger charge is -2.00. The van der Waals surface area contributed by atoms with Gasteiger partial charge in [0, 0.05) is 12.6 Å². The number of nitrogens with zero attached hydrogens (tertiary/aromatic N) is 2. The first-order valence-corrected chi connectivity index (χ1v) is 7.59. The van der Waals surface area contributed by atoms with Crippen molar-refractivity contribution in [1.29, 1.82) is 0 Å². The second-order valence-corrected chi connectivity index (χ2v) is 6.14. The van der Waals surface area contributed by atoms with Crippen LogP contribution in [-0.4, -0.2) is 10.5 Å². The van der Waals surface area contributed by atoms with Gasteiger partial charge >= 0.3 is 0 Å². The van der Waals surface area contributed by atoms with E-state index in [4.69, 9.17) is 0 Å². The highest BCUT2D eigenvalue weighted by atomic mass is 32.1. The lowest BCUT2D eigenvalue weighted by atomic mass is 10.1. The van der Waals surface area contributed by atoms with E-state index < -0.39 is 0 Å². The predicted octanol–water partition coefficient (Wildman–Crippen LogP) is 3.60. The summed E-state index contributed by atoms with van der Waals surface area (Å²) in [6, 6.07) is 13.5. The second-order valence-electron chi connectivity index (χ2n) is 5.13. The number of hydrogen-bond donors (Lipinski definition) is 0. The number of aryl methyl sites for hydroxylation is 3. The maximum atomic E-state index is 12.2. The third kappa shape index (κ3) is 2.54. The molecule has 1 aromatic heterocycles. The Kier molecular flexibility index (Phi) is 3.47. The van der Waals surface area contributed by atoms with Gasteiger partial charge in [0.15, 0.2) is 4.80 Å². The molecule has 0 unspecified atom stereocenters. The Bertz CT molecular complexity index is 888. The van der Waals surface area contributed by atoms with Gasteiger partial charge in [-0.25, -0.2) is 0 Å². The Labute approximate surface area is 127 Å². The molecule has 0 fully saturated rings. The molecule has 4 heteroatoms. The third-order valence-electron chi connectivity index (χ3n) is 3.64. The first-order chi connectivity index (χ1) is 10.1. The van der Waals surface area contributed by atoms with Crippen LogP contribution < -0.4 is 4.80 Å². The molecule has 3 aromatic rings. The summed E-state index contributed by atoms with van der Waals surface area (Å²) >= 11 is 1.55. The Morgan fingerprint density at radius 2 is 1.76 bits per heavy atom. The molecule has 106 valence electrons. The molecule has 0 aliphatic rings. The van der Waals surface area contributed by atoms with Gasteiger partial charge in [0.1, 0.15) is 0 Å². The van der Waals surface area contributed by atoms with E-state index in [0.29, 0.717) is 5.56 Å². The molecule has 0 atom stereocenters. The molecule has 0 radical (unpaired) electrons. The molecule has 1 amide bonds. The van der Waals surface area contributed by atoms with Crippen LogP contribution in [0.25, 0.3) is 10.2 Å². The van der Waals surface area contributed by atoms with Crippen molar-refractivity contribution in [2.45, 2.75) is 13.8 Å². The van der Waals surface area contributed by atoms with Crippen LogP contribution in [0.4, 0.5) is 0 Å². The zero-order valence-corrected chi connectivity index (χ0v) is 13.1. The Hall–Kier alpha value is -2.20. The summed E-state index contributed by atoms with van der Waals surface area (Å²) in [6.45, 7) is 4.19. The number of amides is 1. The van der Waals surface area contributed by atoms with E-state index in [9.17, 15) is 4.79 Å². The lowest BCUT2D eigenvalue weighted by Crippen LogP contribution is -2.13. The summed E-state index contributed by atoms with van der Waals surface area (Å²) < 4.78 is 3.13. The lowest BCUT2D eigenvalue weighted by molar-refractivity contribution is 0.0998. The topological polar surface area (TPSA) is 34.4 Å². The molecule has 21 heavy (non-hydrogen) atoms. The summed E-state index contributed by atoms with van der Waals surface area (Å²) in [7, 11) is 1.95. The third-order valence-corrected chi connectivity index (χ3v) is 4.74. The molecule has 0 aliphatic carbocycles. The molecule has 0 saturated carbocycles. The molecule has 0 spiro atoms. The number of aromatic nitrogens is 1. The van der Waals surface area contributed by atoms with Crippen LogP contribution in [0, 0.1) is 13.8 Å².